The SMILES string of the molecule is O=C(CCc1nc(-c2ccc(C(F)(F)F)cc2)cs1)[C@@H]1CCCN1S(=O)(=O)c1ccsc1. The van der Waals surface area contributed by atoms with Crippen molar-refractivity contribution in [3.8, 4) is 11.3 Å². The normalized spacial score (nSPS) is 17.7. The van der Waals surface area contributed by atoms with Crippen molar-refractivity contribution in [1.82, 2.24) is 9.29 Å². The second-order valence-corrected chi connectivity index (χ2v) is 11.0. The number of aromatic nitrogens is 1. The number of thiophene rings is 1. The van der Waals surface area contributed by atoms with Gasteiger partial charge in [0.25, 0.3) is 0 Å². The van der Waals surface area contributed by atoms with Gasteiger partial charge in [0.1, 0.15) is 0 Å². The smallest absolute Gasteiger partial charge is 0.298 e. The molecular weight excluding hydrogens is 481 g/mol. The Morgan fingerprint density at radius 2 is 1.91 bits per heavy atom. The molecule has 0 bridgehead atoms. The van der Waals surface area contributed by atoms with Crippen molar-refractivity contribution < 1.29 is 26.4 Å². The minimum absolute atomic E-state index is 0.146. The van der Waals surface area contributed by atoms with Crippen molar-refractivity contribution in [2.45, 2.75) is 42.8 Å². The second kappa shape index (κ2) is 9.05. The van der Waals surface area contributed by atoms with Gasteiger partial charge in [-0.1, -0.05) is 12.1 Å². The third kappa shape index (κ3) is 4.80. The highest BCUT2D eigenvalue weighted by atomic mass is 32.2. The topological polar surface area (TPSA) is 67.3 Å². The van der Waals surface area contributed by atoms with Gasteiger partial charge in [0.05, 0.1) is 27.2 Å². The minimum atomic E-state index is -4.39. The van der Waals surface area contributed by atoms with E-state index in [2.05, 4.69) is 4.98 Å². The molecule has 3 aromatic rings. The molecule has 170 valence electrons. The van der Waals surface area contributed by atoms with Crippen molar-refractivity contribution in [2.75, 3.05) is 6.54 Å². The van der Waals surface area contributed by atoms with Crippen molar-refractivity contribution in [2.24, 2.45) is 0 Å². The van der Waals surface area contributed by atoms with Crippen LogP contribution in [0.15, 0.2) is 51.4 Å². The first kappa shape index (κ1) is 23.1. The van der Waals surface area contributed by atoms with Gasteiger partial charge in [-0.2, -0.15) is 28.8 Å². The van der Waals surface area contributed by atoms with E-state index >= 15 is 0 Å². The molecule has 0 unspecified atom stereocenters. The van der Waals surface area contributed by atoms with Gasteiger partial charge in [-0.05, 0) is 36.4 Å². The van der Waals surface area contributed by atoms with Gasteiger partial charge in [0.2, 0.25) is 10.0 Å². The average molecular weight is 501 g/mol. The van der Waals surface area contributed by atoms with Gasteiger partial charge in [-0.25, -0.2) is 13.4 Å². The van der Waals surface area contributed by atoms with Crippen LogP contribution in [-0.2, 0) is 27.4 Å². The predicted octanol–water partition coefficient (Wildman–Crippen LogP) is 5.25. The maximum Gasteiger partial charge on any atom is 0.416 e. The molecule has 3 heterocycles. The summed E-state index contributed by atoms with van der Waals surface area (Å²) in [4.78, 5) is 17.5. The van der Waals surface area contributed by atoms with E-state index in [9.17, 15) is 26.4 Å². The second-order valence-electron chi connectivity index (χ2n) is 7.40. The summed E-state index contributed by atoms with van der Waals surface area (Å²) in [5.41, 5.74) is 0.394. The van der Waals surface area contributed by atoms with Gasteiger partial charge in [-0.15, -0.1) is 11.3 Å². The molecule has 11 heteroatoms. The summed E-state index contributed by atoms with van der Waals surface area (Å²) in [5.74, 6) is -0.146. The molecule has 2 aromatic heterocycles. The number of nitrogens with zero attached hydrogens (tertiary/aromatic N) is 2. The Labute approximate surface area is 191 Å². The van der Waals surface area contributed by atoms with Gasteiger partial charge >= 0.3 is 6.18 Å². The molecule has 1 atom stereocenters. The van der Waals surface area contributed by atoms with Gasteiger partial charge < -0.3 is 0 Å². The summed E-state index contributed by atoms with van der Waals surface area (Å²) in [7, 11) is -3.69. The van der Waals surface area contributed by atoms with Crippen LogP contribution in [0, 0.1) is 0 Å². The molecule has 1 fully saturated rings. The third-order valence-corrected chi connectivity index (χ3v) is 8.97. The Balaban J connectivity index is 1.40. The Bertz CT molecular complexity index is 1190. The summed E-state index contributed by atoms with van der Waals surface area (Å²) in [6, 6.07) is 5.64. The Morgan fingerprint density at radius 1 is 1.16 bits per heavy atom. The number of halogens is 3. The van der Waals surface area contributed by atoms with Crippen LogP contribution >= 0.6 is 22.7 Å². The molecule has 4 rings (SSSR count). The number of carbonyl (C=O) groups is 1. The predicted molar refractivity (Wildman–Crippen MR) is 117 cm³/mol. The van der Waals surface area contributed by atoms with Crippen LogP contribution < -0.4 is 0 Å². The maximum atomic E-state index is 12.8. The lowest BCUT2D eigenvalue weighted by atomic mass is 10.1. The highest BCUT2D eigenvalue weighted by molar-refractivity contribution is 7.89. The first-order valence-electron chi connectivity index (χ1n) is 9.85. The quantitative estimate of drug-likeness (QED) is 0.445. The highest BCUT2D eigenvalue weighted by Gasteiger charge is 2.39. The van der Waals surface area contributed by atoms with Crippen LogP contribution in [0.5, 0.6) is 0 Å². The van der Waals surface area contributed by atoms with E-state index in [-0.39, 0.29) is 17.1 Å². The molecule has 1 aliphatic rings. The number of ketones is 1. The van der Waals surface area contributed by atoms with Gasteiger partial charge in [-0.3, -0.25) is 4.79 Å². The summed E-state index contributed by atoms with van der Waals surface area (Å²) in [6.07, 6.45) is -2.75. The molecule has 1 saturated heterocycles. The molecule has 1 aromatic carbocycles. The van der Waals surface area contributed by atoms with Crippen molar-refractivity contribution in [1.29, 1.82) is 0 Å². The highest BCUT2D eigenvalue weighted by Crippen LogP contribution is 2.32. The molecule has 0 radical (unpaired) electrons. The first-order chi connectivity index (χ1) is 15.2. The van der Waals surface area contributed by atoms with Gasteiger partial charge in [0, 0.05) is 35.7 Å². The number of carbonyl (C=O) groups excluding carboxylic acids is 1. The number of benzene rings is 1. The number of thiazole rings is 1. The van der Waals surface area contributed by atoms with Crippen LogP contribution in [0.2, 0.25) is 0 Å². The van der Waals surface area contributed by atoms with Crippen molar-refractivity contribution >= 4 is 38.5 Å². The average Bonchev–Trinajstić information content (AvgIpc) is 3.53. The van der Waals surface area contributed by atoms with Crippen molar-refractivity contribution in [3.63, 3.8) is 0 Å². The number of Topliss-reactive ketones (excluding diaryl/α,β-unsaturated/α-hetero) is 1. The van der Waals surface area contributed by atoms with Crippen LogP contribution in [0.3, 0.4) is 0 Å². The van der Waals surface area contributed by atoms with E-state index in [0.29, 0.717) is 42.1 Å². The monoisotopic (exact) mass is 500 g/mol. The maximum absolute atomic E-state index is 12.8. The zero-order valence-corrected chi connectivity index (χ0v) is 19.2. The zero-order valence-electron chi connectivity index (χ0n) is 16.7. The van der Waals surface area contributed by atoms with E-state index in [0.717, 1.165) is 12.1 Å². The number of alkyl halides is 3. The fourth-order valence-electron chi connectivity index (χ4n) is 3.67. The van der Waals surface area contributed by atoms with E-state index in [4.69, 9.17) is 0 Å². The number of hydrogen-bond donors (Lipinski definition) is 0. The number of sulfonamides is 1. The molecule has 0 N–H and O–H groups in total. The van der Waals surface area contributed by atoms with Gasteiger partial charge in [0.15, 0.2) is 5.78 Å². The summed E-state index contributed by atoms with van der Waals surface area (Å²) >= 11 is 2.62. The van der Waals surface area contributed by atoms with E-state index < -0.39 is 27.8 Å². The molecule has 0 amide bonds. The standard InChI is InChI=1S/C21H19F3N2O3S3/c22-21(23,24)15-5-3-14(4-6-15)17-13-31-20(25-17)8-7-19(27)18-2-1-10-26(18)32(28,29)16-9-11-30-12-16/h3-6,9,11-13,18H,1-2,7-8,10H2/t18-/m0/s1. The summed E-state index contributed by atoms with van der Waals surface area (Å²) in [6.45, 7) is 0.323. The largest absolute Gasteiger partial charge is 0.416 e. The lowest BCUT2D eigenvalue weighted by molar-refractivity contribution is -0.137. The lowest BCUT2D eigenvalue weighted by Crippen LogP contribution is -2.40. The van der Waals surface area contributed by atoms with Crippen molar-refractivity contribution in [3.05, 3.63) is 57.0 Å². The van der Waals surface area contributed by atoms with Crippen LogP contribution in [-0.4, -0.2) is 36.1 Å². The molecule has 32 heavy (non-hydrogen) atoms. The zero-order chi connectivity index (χ0) is 22.9. The molecule has 0 saturated carbocycles. The van der Waals surface area contributed by atoms with E-state index in [1.165, 1.54) is 45.2 Å². The van der Waals surface area contributed by atoms with Crippen LogP contribution in [0.4, 0.5) is 13.2 Å². The fraction of sp³-hybridized carbons (Fsp3) is 0.333. The first-order valence-corrected chi connectivity index (χ1v) is 13.1. The van der Waals surface area contributed by atoms with E-state index in [1.807, 2.05) is 0 Å². The fourth-order valence-corrected chi connectivity index (χ4v) is 7.17. The number of rotatable bonds is 7. The molecule has 0 aliphatic carbocycles. The van der Waals surface area contributed by atoms with Crippen LogP contribution in [0.1, 0.15) is 29.8 Å². The Kier molecular flexibility index (Phi) is 6.53. The molecular formula is C21H19F3N2O3S3. The Hall–Kier alpha value is -2.08. The van der Waals surface area contributed by atoms with E-state index in [1.54, 1.807) is 16.1 Å². The summed E-state index contributed by atoms with van der Waals surface area (Å²) in [5, 5.41) is 5.67. The molecule has 0 spiro atoms. The number of aryl methyl sites for hydroxylation is 1. The third-order valence-electron chi connectivity index (χ3n) is 5.32. The molecule has 5 nitrogen and oxygen atoms in total. The summed E-state index contributed by atoms with van der Waals surface area (Å²) < 4.78 is 65.1. The minimum Gasteiger partial charge on any atom is -0.298 e. The van der Waals surface area contributed by atoms with Crippen LogP contribution in [0.25, 0.3) is 11.3 Å². The Morgan fingerprint density at radius 3 is 2.56 bits per heavy atom. The number of hydrogen-bond acceptors (Lipinski definition) is 6. The molecule has 1 aliphatic heterocycles. The lowest BCUT2D eigenvalue weighted by Gasteiger charge is -2.22.